The fourth-order valence-corrected chi connectivity index (χ4v) is 4.36. The van der Waals surface area contributed by atoms with Crippen LogP contribution in [0, 0.1) is 0 Å². The third-order valence-electron chi connectivity index (χ3n) is 5.37. The number of para-hydroxylation sites is 1. The van der Waals surface area contributed by atoms with Crippen molar-refractivity contribution in [2.75, 3.05) is 7.11 Å². The SMILES string of the molecule is COc1ccccc1C1N=C(c2ccc(Br)cc2)C2C(c3ccccc3)N12. The number of hydrogen-bond donors (Lipinski definition) is 0. The van der Waals surface area contributed by atoms with Gasteiger partial charge in [-0.25, -0.2) is 0 Å². The van der Waals surface area contributed by atoms with Gasteiger partial charge in [-0.1, -0.05) is 76.6 Å². The molecule has 27 heavy (non-hydrogen) atoms. The number of aliphatic imine (C=N–C) groups is 1. The first-order chi connectivity index (χ1) is 13.3. The van der Waals surface area contributed by atoms with E-state index in [-0.39, 0.29) is 6.17 Å². The van der Waals surface area contributed by atoms with Gasteiger partial charge in [0.05, 0.1) is 24.9 Å². The van der Waals surface area contributed by atoms with Crippen molar-refractivity contribution in [3.63, 3.8) is 0 Å². The Balaban J connectivity index is 1.59. The monoisotopic (exact) mass is 418 g/mol. The standard InChI is InChI=1S/C23H19BrN2O/c1-27-19-10-6-5-9-18(19)23-25-20(15-11-13-17(24)14-12-15)22-21(26(22)23)16-7-3-2-4-8-16/h2-14,21-23H,1H3. The van der Waals surface area contributed by atoms with E-state index in [9.17, 15) is 0 Å². The Morgan fingerprint density at radius 1 is 0.852 bits per heavy atom. The summed E-state index contributed by atoms with van der Waals surface area (Å²) < 4.78 is 6.70. The second-order valence-electron chi connectivity index (χ2n) is 6.88. The highest BCUT2D eigenvalue weighted by Crippen LogP contribution is 2.56. The second-order valence-corrected chi connectivity index (χ2v) is 7.80. The normalized spacial score (nSPS) is 25.6. The zero-order chi connectivity index (χ0) is 18.4. The summed E-state index contributed by atoms with van der Waals surface area (Å²) in [5.74, 6) is 0.890. The average molecular weight is 419 g/mol. The molecule has 2 aliphatic heterocycles. The van der Waals surface area contributed by atoms with Crippen molar-refractivity contribution in [1.29, 1.82) is 0 Å². The first-order valence-electron chi connectivity index (χ1n) is 9.07. The maximum absolute atomic E-state index is 5.62. The van der Waals surface area contributed by atoms with Crippen LogP contribution in [0.15, 0.2) is 88.3 Å². The molecule has 2 aliphatic rings. The molecule has 0 bridgehead atoms. The molecule has 0 radical (unpaired) electrons. The first-order valence-corrected chi connectivity index (χ1v) is 9.86. The van der Waals surface area contributed by atoms with Crippen LogP contribution in [-0.4, -0.2) is 23.8 Å². The van der Waals surface area contributed by atoms with Gasteiger partial charge in [0.2, 0.25) is 0 Å². The number of hydrogen-bond acceptors (Lipinski definition) is 3. The van der Waals surface area contributed by atoms with E-state index in [4.69, 9.17) is 9.73 Å². The van der Waals surface area contributed by atoms with Crippen LogP contribution in [0.3, 0.4) is 0 Å². The molecule has 3 nitrogen and oxygen atoms in total. The molecular weight excluding hydrogens is 400 g/mol. The van der Waals surface area contributed by atoms with Gasteiger partial charge in [-0.3, -0.25) is 9.89 Å². The van der Waals surface area contributed by atoms with E-state index >= 15 is 0 Å². The number of halogens is 1. The third-order valence-corrected chi connectivity index (χ3v) is 5.90. The summed E-state index contributed by atoms with van der Waals surface area (Å²) >= 11 is 3.53. The van der Waals surface area contributed by atoms with E-state index in [0.717, 1.165) is 21.5 Å². The van der Waals surface area contributed by atoms with Crippen molar-refractivity contribution in [2.45, 2.75) is 18.2 Å². The predicted octanol–water partition coefficient (Wildman–Crippen LogP) is 5.38. The molecule has 4 unspecified atom stereocenters. The molecule has 134 valence electrons. The Labute approximate surface area is 167 Å². The molecule has 3 aromatic carbocycles. The van der Waals surface area contributed by atoms with Gasteiger partial charge in [0, 0.05) is 10.0 Å². The number of methoxy groups -OCH3 is 1. The smallest absolute Gasteiger partial charge is 0.133 e. The van der Waals surface area contributed by atoms with Gasteiger partial charge < -0.3 is 4.74 Å². The van der Waals surface area contributed by atoms with Gasteiger partial charge in [-0.15, -0.1) is 0 Å². The van der Waals surface area contributed by atoms with Crippen molar-refractivity contribution in [3.05, 3.63) is 100 Å². The number of rotatable bonds is 4. The minimum atomic E-state index is -0.0185. The Morgan fingerprint density at radius 2 is 1.56 bits per heavy atom. The summed E-state index contributed by atoms with van der Waals surface area (Å²) in [5.41, 5.74) is 4.80. The van der Waals surface area contributed by atoms with Crippen molar-refractivity contribution >= 4 is 21.6 Å². The second kappa shape index (κ2) is 6.63. The van der Waals surface area contributed by atoms with Gasteiger partial charge >= 0.3 is 0 Å². The fraction of sp³-hybridized carbons (Fsp3) is 0.174. The number of nitrogens with zero attached hydrogens (tertiary/aromatic N) is 2. The largest absolute Gasteiger partial charge is 0.496 e. The van der Waals surface area contributed by atoms with E-state index < -0.39 is 0 Å². The molecule has 4 atom stereocenters. The lowest BCUT2D eigenvalue weighted by molar-refractivity contribution is 0.366. The summed E-state index contributed by atoms with van der Waals surface area (Å²) in [6, 6.07) is 28.0. The zero-order valence-electron chi connectivity index (χ0n) is 14.9. The van der Waals surface area contributed by atoms with Crippen LogP contribution in [0.1, 0.15) is 28.9 Å². The summed E-state index contributed by atoms with van der Waals surface area (Å²) in [6.07, 6.45) is -0.0185. The van der Waals surface area contributed by atoms with Crippen molar-refractivity contribution in [1.82, 2.24) is 4.90 Å². The first kappa shape index (κ1) is 16.7. The molecule has 2 heterocycles. The fourth-order valence-electron chi connectivity index (χ4n) is 4.10. The minimum Gasteiger partial charge on any atom is -0.496 e. The Bertz CT molecular complexity index is 1000. The van der Waals surface area contributed by atoms with Crippen LogP contribution >= 0.6 is 15.9 Å². The molecule has 0 spiro atoms. The summed E-state index contributed by atoms with van der Waals surface area (Å²) in [7, 11) is 1.72. The van der Waals surface area contributed by atoms with Crippen molar-refractivity contribution in [3.8, 4) is 5.75 Å². The van der Waals surface area contributed by atoms with Crippen molar-refractivity contribution < 1.29 is 4.74 Å². The van der Waals surface area contributed by atoms with Gasteiger partial charge in [0.15, 0.2) is 0 Å². The lowest BCUT2D eigenvalue weighted by Crippen LogP contribution is -2.08. The number of fused-ring (bicyclic) bond motifs is 1. The van der Waals surface area contributed by atoms with Crippen LogP contribution in [0.4, 0.5) is 0 Å². The predicted molar refractivity (Wildman–Crippen MR) is 111 cm³/mol. The maximum Gasteiger partial charge on any atom is 0.133 e. The maximum atomic E-state index is 5.62. The van der Waals surface area contributed by atoms with E-state index in [2.05, 4.69) is 87.6 Å². The molecule has 0 saturated carbocycles. The lowest BCUT2D eigenvalue weighted by Gasteiger charge is -2.17. The summed E-state index contributed by atoms with van der Waals surface area (Å²) in [5, 5.41) is 0. The summed E-state index contributed by atoms with van der Waals surface area (Å²) in [4.78, 5) is 7.60. The van der Waals surface area contributed by atoms with Gasteiger partial charge in [0.1, 0.15) is 11.9 Å². The highest BCUT2D eigenvalue weighted by Gasteiger charge is 2.59. The highest BCUT2D eigenvalue weighted by molar-refractivity contribution is 9.10. The molecule has 0 amide bonds. The van der Waals surface area contributed by atoms with Crippen molar-refractivity contribution in [2.24, 2.45) is 4.99 Å². The Morgan fingerprint density at radius 3 is 2.30 bits per heavy atom. The molecule has 0 aliphatic carbocycles. The molecule has 0 N–H and O–H groups in total. The topological polar surface area (TPSA) is 24.6 Å². The molecule has 1 fully saturated rings. The molecule has 4 heteroatoms. The number of ether oxygens (including phenoxy) is 1. The van der Waals surface area contributed by atoms with Crippen LogP contribution in [0.2, 0.25) is 0 Å². The third kappa shape index (κ3) is 2.80. The van der Waals surface area contributed by atoms with E-state index in [1.54, 1.807) is 7.11 Å². The lowest BCUT2D eigenvalue weighted by atomic mass is 10.0. The Hall–Kier alpha value is -2.43. The van der Waals surface area contributed by atoms with Crippen LogP contribution in [0.25, 0.3) is 0 Å². The molecule has 5 rings (SSSR count). The minimum absolute atomic E-state index is 0.0185. The molecule has 1 saturated heterocycles. The van der Waals surface area contributed by atoms with Crippen LogP contribution in [-0.2, 0) is 0 Å². The summed E-state index contributed by atoms with van der Waals surface area (Å²) in [6.45, 7) is 0. The Kier molecular flexibility index (Phi) is 4.10. The molecule has 3 aromatic rings. The van der Waals surface area contributed by atoms with E-state index in [0.29, 0.717) is 12.1 Å². The molecule has 0 aromatic heterocycles. The quantitative estimate of drug-likeness (QED) is 0.530. The van der Waals surface area contributed by atoms with Crippen LogP contribution < -0.4 is 4.74 Å². The van der Waals surface area contributed by atoms with Crippen LogP contribution in [0.5, 0.6) is 5.75 Å². The van der Waals surface area contributed by atoms with E-state index in [1.165, 1.54) is 11.1 Å². The zero-order valence-corrected chi connectivity index (χ0v) is 16.5. The van der Waals surface area contributed by atoms with E-state index in [1.807, 2.05) is 12.1 Å². The van der Waals surface area contributed by atoms with Gasteiger partial charge in [0.25, 0.3) is 0 Å². The molecular formula is C23H19BrN2O. The van der Waals surface area contributed by atoms with Gasteiger partial charge in [-0.2, -0.15) is 0 Å². The average Bonchev–Trinajstić information content (AvgIpc) is 3.34. The highest BCUT2D eigenvalue weighted by atomic mass is 79.9. The van der Waals surface area contributed by atoms with Gasteiger partial charge in [-0.05, 0) is 29.3 Å². The number of benzene rings is 3.